The van der Waals surface area contributed by atoms with E-state index < -0.39 is 24.3 Å². The van der Waals surface area contributed by atoms with Crippen molar-refractivity contribution in [2.45, 2.75) is 51.0 Å². The zero-order valence-corrected chi connectivity index (χ0v) is 9.46. The van der Waals surface area contributed by atoms with Gasteiger partial charge in [-0.3, -0.25) is 9.59 Å². The average molecular weight is 227 g/mol. The summed E-state index contributed by atoms with van der Waals surface area (Å²) in [5.74, 6) is -0.433. The quantitative estimate of drug-likeness (QED) is 0.621. The molecule has 1 aliphatic carbocycles. The van der Waals surface area contributed by atoms with Gasteiger partial charge < -0.3 is 15.1 Å². The predicted octanol–water partition coefficient (Wildman–Crippen LogP) is -0.694. The van der Waals surface area contributed by atoms with Crippen LogP contribution in [0, 0.1) is 5.92 Å². The van der Waals surface area contributed by atoms with E-state index in [0.29, 0.717) is 0 Å². The SMILES string of the molecule is CC(=O)N1C2CC(=O)CC(C2O)C1C(C)O. The fourth-order valence-corrected chi connectivity index (χ4v) is 3.15. The summed E-state index contributed by atoms with van der Waals surface area (Å²) in [6.45, 7) is 3.01. The maximum atomic E-state index is 11.5. The van der Waals surface area contributed by atoms with Gasteiger partial charge in [-0.25, -0.2) is 0 Å². The Labute approximate surface area is 94.0 Å². The van der Waals surface area contributed by atoms with Crippen molar-refractivity contribution in [3.63, 3.8) is 0 Å². The van der Waals surface area contributed by atoms with Crippen LogP contribution in [0.5, 0.6) is 0 Å². The summed E-state index contributed by atoms with van der Waals surface area (Å²) in [5.41, 5.74) is 0. The van der Waals surface area contributed by atoms with E-state index in [1.807, 2.05) is 0 Å². The second-order valence-corrected chi connectivity index (χ2v) is 4.83. The smallest absolute Gasteiger partial charge is 0.220 e. The molecule has 1 saturated carbocycles. The van der Waals surface area contributed by atoms with Gasteiger partial charge in [0.2, 0.25) is 5.91 Å². The van der Waals surface area contributed by atoms with Crippen molar-refractivity contribution >= 4 is 11.7 Å². The second-order valence-electron chi connectivity index (χ2n) is 4.83. The van der Waals surface area contributed by atoms with Crippen molar-refractivity contribution in [3.05, 3.63) is 0 Å². The number of Topliss-reactive ketones (excluding diaryl/α,β-unsaturated/α-hetero) is 1. The third-order valence-electron chi connectivity index (χ3n) is 3.71. The van der Waals surface area contributed by atoms with E-state index in [9.17, 15) is 19.8 Å². The Balaban J connectivity index is 2.36. The maximum Gasteiger partial charge on any atom is 0.220 e. The van der Waals surface area contributed by atoms with Gasteiger partial charge in [0.1, 0.15) is 5.78 Å². The Morgan fingerprint density at radius 3 is 2.62 bits per heavy atom. The van der Waals surface area contributed by atoms with Gasteiger partial charge in [-0.1, -0.05) is 0 Å². The van der Waals surface area contributed by atoms with Crippen LogP contribution in [0.4, 0.5) is 0 Å². The van der Waals surface area contributed by atoms with Gasteiger partial charge in [0, 0.05) is 25.7 Å². The molecule has 0 aromatic rings. The van der Waals surface area contributed by atoms with Gasteiger partial charge in [0.25, 0.3) is 0 Å². The maximum absolute atomic E-state index is 11.5. The number of nitrogens with zero attached hydrogens (tertiary/aromatic N) is 1. The highest BCUT2D eigenvalue weighted by Gasteiger charge is 2.54. The summed E-state index contributed by atoms with van der Waals surface area (Å²) < 4.78 is 0. The molecule has 0 aromatic heterocycles. The van der Waals surface area contributed by atoms with Gasteiger partial charge in [-0.05, 0) is 6.92 Å². The number of rotatable bonds is 1. The third kappa shape index (κ3) is 1.55. The highest BCUT2D eigenvalue weighted by molar-refractivity contribution is 5.83. The average Bonchev–Trinajstić information content (AvgIpc) is 2.36. The van der Waals surface area contributed by atoms with Crippen molar-refractivity contribution < 1.29 is 19.8 Å². The van der Waals surface area contributed by atoms with Crippen molar-refractivity contribution in [2.24, 2.45) is 5.92 Å². The fraction of sp³-hybridized carbons (Fsp3) is 0.818. The van der Waals surface area contributed by atoms with E-state index in [-0.39, 0.29) is 30.4 Å². The van der Waals surface area contributed by atoms with Crippen LogP contribution in [-0.4, -0.2) is 51.1 Å². The van der Waals surface area contributed by atoms with E-state index in [1.54, 1.807) is 6.92 Å². The first-order valence-corrected chi connectivity index (χ1v) is 5.60. The Hall–Kier alpha value is -0.940. The monoisotopic (exact) mass is 227 g/mol. The van der Waals surface area contributed by atoms with Crippen LogP contribution in [0.1, 0.15) is 26.7 Å². The molecule has 2 N–H and O–H groups in total. The lowest BCUT2D eigenvalue weighted by Crippen LogP contribution is -2.46. The van der Waals surface area contributed by atoms with Gasteiger partial charge >= 0.3 is 0 Å². The van der Waals surface area contributed by atoms with Crippen LogP contribution in [0.2, 0.25) is 0 Å². The molecular weight excluding hydrogens is 210 g/mol. The summed E-state index contributed by atoms with van der Waals surface area (Å²) in [6, 6.07) is -0.868. The van der Waals surface area contributed by atoms with Crippen molar-refractivity contribution in [1.29, 1.82) is 0 Å². The van der Waals surface area contributed by atoms with Crippen molar-refractivity contribution in [3.8, 4) is 0 Å². The van der Waals surface area contributed by atoms with Gasteiger partial charge in [-0.2, -0.15) is 0 Å². The number of carbonyl (C=O) groups excluding carboxylic acids is 2. The Morgan fingerprint density at radius 1 is 1.50 bits per heavy atom. The summed E-state index contributed by atoms with van der Waals surface area (Å²) in [6.07, 6.45) is -0.932. The lowest BCUT2D eigenvalue weighted by atomic mass is 9.82. The number of fused-ring (bicyclic) bond motifs is 2. The molecule has 90 valence electrons. The number of likely N-dealkylation sites (tertiary alicyclic amines) is 1. The molecule has 1 amide bonds. The molecule has 1 aliphatic heterocycles. The number of hydrogen-bond acceptors (Lipinski definition) is 4. The Kier molecular flexibility index (Phi) is 2.75. The minimum atomic E-state index is -0.723. The standard InChI is InChI=1S/C11H17NO4/c1-5(13)10-8-3-7(15)4-9(11(8)16)12(10)6(2)14/h5,8-11,13,16H,3-4H2,1-2H3. The van der Waals surface area contributed by atoms with Crippen LogP contribution >= 0.6 is 0 Å². The number of aliphatic hydroxyl groups is 2. The zero-order chi connectivity index (χ0) is 12.0. The van der Waals surface area contributed by atoms with E-state index in [2.05, 4.69) is 0 Å². The van der Waals surface area contributed by atoms with Crippen LogP contribution in [0.15, 0.2) is 0 Å². The molecule has 2 aliphatic rings. The van der Waals surface area contributed by atoms with E-state index in [1.165, 1.54) is 11.8 Å². The number of hydrogen-bond donors (Lipinski definition) is 2. The Bertz CT molecular complexity index is 328. The molecular formula is C11H17NO4. The topological polar surface area (TPSA) is 77.8 Å². The lowest BCUT2D eigenvalue weighted by molar-refractivity contribution is -0.135. The summed E-state index contributed by atoms with van der Waals surface area (Å²) in [5, 5.41) is 19.7. The predicted molar refractivity (Wildman–Crippen MR) is 55.5 cm³/mol. The summed E-state index contributed by atoms with van der Waals surface area (Å²) in [4.78, 5) is 24.5. The Morgan fingerprint density at radius 2 is 2.12 bits per heavy atom. The highest BCUT2D eigenvalue weighted by Crippen LogP contribution is 2.40. The molecule has 5 heteroatoms. The molecule has 0 aromatic carbocycles. The van der Waals surface area contributed by atoms with Crippen LogP contribution in [0.25, 0.3) is 0 Å². The molecule has 1 saturated heterocycles. The number of amides is 1. The minimum Gasteiger partial charge on any atom is -0.391 e. The van der Waals surface area contributed by atoms with Crippen molar-refractivity contribution in [1.82, 2.24) is 4.90 Å². The third-order valence-corrected chi connectivity index (χ3v) is 3.71. The zero-order valence-electron chi connectivity index (χ0n) is 9.46. The molecule has 5 atom stereocenters. The first-order valence-electron chi connectivity index (χ1n) is 5.60. The molecule has 2 fully saturated rings. The fourth-order valence-electron chi connectivity index (χ4n) is 3.15. The molecule has 1 heterocycles. The lowest BCUT2D eigenvalue weighted by Gasteiger charge is -2.30. The van der Waals surface area contributed by atoms with E-state index >= 15 is 0 Å². The number of ketones is 1. The molecule has 0 spiro atoms. The first-order chi connectivity index (χ1) is 7.43. The molecule has 5 unspecified atom stereocenters. The van der Waals surface area contributed by atoms with E-state index in [4.69, 9.17) is 0 Å². The molecule has 5 nitrogen and oxygen atoms in total. The minimum absolute atomic E-state index is 0.0645. The highest BCUT2D eigenvalue weighted by atomic mass is 16.3. The normalized spacial score (nSPS) is 40.0. The number of carbonyl (C=O) groups is 2. The largest absolute Gasteiger partial charge is 0.391 e. The summed E-state index contributed by atoms with van der Waals surface area (Å²) >= 11 is 0. The van der Waals surface area contributed by atoms with Gasteiger partial charge in [0.05, 0.1) is 24.3 Å². The van der Waals surface area contributed by atoms with E-state index in [0.717, 1.165) is 0 Å². The van der Waals surface area contributed by atoms with Gasteiger partial charge in [0.15, 0.2) is 0 Å². The van der Waals surface area contributed by atoms with Crippen LogP contribution in [-0.2, 0) is 9.59 Å². The molecule has 2 rings (SSSR count). The van der Waals surface area contributed by atoms with Crippen LogP contribution < -0.4 is 0 Å². The van der Waals surface area contributed by atoms with Crippen molar-refractivity contribution in [2.75, 3.05) is 0 Å². The molecule has 2 bridgehead atoms. The second kappa shape index (κ2) is 3.82. The summed E-state index contributed by atoms with van der Waals surface area (Å²) in [7, 11) is 0. The van der Waals surface area contributed by atoms with Gasteiger partial charge in [-0.15, -0.1) is 0 Å². The molecule has 16 heavy (non-hydrogen) atoms. The van der Waals surface area contributed by atoms with Crippen LogP contribution in [0.3, 0.4) is 0 Å². The first kappa shape index (κ1) is 11.5. The number of aliphatic hydroxyl groups excluding tert-OH is 2. The molecule has 0 radical (unpaired) electrons.